The molecule has 0 aliphatic heterocycles. The Kier molecular flexibility index (Phi) is 8.12. The van der Waals surface area contributed by atoms with Crippen LogP contribution < -0.4 is 16.0 Å². The number of carbonyl (C=O) groups excluding carboxylic acids is 2. The van der Waals surface area contributed by atoms with Gasteiger partial charge in [0.2, 0.25) is 5.91 Å². The van der Waals surface area contributed by atoms with E-state index in [0.717, 1.165) is 0 Å². The van der Waals surface area contributed by atoms with Crippen LogP contribution in [0, 0.1) is 0 Å². The third-order valence-corrected chi connectivity index (χ3v) is 6.04. The van der Waals surface area contributed by atoms with Gasteiger partial charge in [0, 0.05) is 17.3 Å². The van der Waals surface area contributed by atoms with Crippen LogP contribution in [-0.4, -0.2) is 16.9 Å². The lowest BCUT2D eigenvalue weighted by molar-refractivity contribution is -0.115. The van der Waals surface area contributed by atoms with E-state index in [2.05, 4.69) is 16.0 Å². The molecule has 2 aromatic carbocycles. The molecule has 2 amide bonds. The minimum atomic E-state index is -0.473. The van der Waals surface area contributed by atoms with Crippen molar-refractivity contribution in [2.75, 3.05) is 10.6 Å². The van der Waals surface area contributed by atoms with E-state index in [1.165, 1.54) is 24.5 Å². The van der Waals surface area contributed by atoms with E-state index in [0.29, 0.717) is 38.5 Å². The van der Waals surface area contributed by atoms with Gasteiger partial charge in [-0.05, 0) is 72.9 Å². The van der Waals surface area contributed by atoms with Gasteiger partial charge in [-0.25, -0.2) is 0 Å². The molecule has 36 heavy (non-hydrogen) atoms. The summed E-state index contributed by atoms with van der Waals surface area (Å²) in [7, 11) is 0. The number of furan rings is 2. The number of hydrogen-bond acceptors (Lipinski definition) is 5. The molecule has 182 valence electrons. The third kappa shape index (κ3) is 6.35. The fourth-order valence-corrected chi connectivity index (χ4v) is 3.88. The number of carbonyl (C=O) groups is 2. The second-order valence-electron chi connectivity index (χ2n) is 7.21. The van der Waals surface area contributed by atoms with Gasteiger partial charge in [0.25, 0.3) is 5.91 Å². The van der Waals surface area contributed by atoms with Crippen LogP contribution in [0.2, 0.25) is 15.1 Å². The van der Waals surface area contributed by atoms with Gasteiger partial charge >= 0.3 is 0 Å². The van der Waals surface area contributed by atoms with Crippen LogP contribution in [0.25, 0.3) is 17.4 Å². The number of rotatable bonds is 6. The molecule has 0 saturated heterocycles. The summed E-state index contributed by atoms with van der Waals surface area (Å²) < 4.78 is 10.8. The van der Waals surface area contributed by atoms with Crippen molar-refractivity contribution in [3.8, 4) is 11.3 Å². The molecule has 4 aromatic rings. The number of nitrogens with one attached hydrogen (secondary N) is 3. The number of hydrogen-bond donors (Lipinski definition) is 3. The zero-order valence-corrected chi connectivity index (χ0v) is 21.3. The molecule has 4 rings (SSSR count). The Labute approximate surface area is 226 Å². The lowest BCUT2D eigenvalue weighted by atomic mass is 10.2. The first kappa shape index (κ1) is 25.5. The van der Waals surface area contributed by atoms with Crippen LogP contribution >= 0.6 is 47.0 Å². The van der Waals surface area contributed by atoms with Gasteiger partial charge in [0.1, 0.15) is 11.5 Å². The van der Waals surface area contributed by atoms with Crippen LogP contribution in [0.5, 0.6) is 0 Å². The van der Waals surface area contributed by atoms with Gasteiger partial charge in [-0.15, -0.1) is 0 Å². The van der Waals surface area contributed by atoms with Crippen LogP contribution in [-0.2, 0) is 4.79 Å². The highest BCUT2D eigenvalue weighted by atomic mass is 35.5. The Morgan fingerprint density at radius 3 is 2.50 bits per heavy atom. The Morgan fingerprint density at radius 1 is 0.917 bits per heavy atom. The van der Waals surface area contributed by atoms with Crippen molar-refractivity contribution in [3.05, 3.63) is 99.6 Å². The molecule has 7 nitrogen and oxygen atoms in total. The fourth-order valence-electron chi connectivity index (χ4n) is 3.04. The molecule has 2 aromatic heterocycles. The largest absolute Gasteiger partial charge is 0.459 e. The van der Waals surface area contributed by atoms with Gasteiger partial charge < -0.3 is 19.5 Å². The highest BCUT2D eigenvalue weighted by molar-refractivity contribution is 7.80. The second kappa shape index (κ2) is 11.5. The number of halogens is 3. The van der Waals surface area contributed by atoms with Crippen molar-refractivity contribution < 1.29 is 18.4 Å². The maximum atomic E-state index is 12.3. The summed E-state index contributed by atoms with van der Waals surface area (Å²) in [5.74, 6) is 0.204. The topological polar surface area (TPSA) is 96.5 Å². The van der Waals surface area contributed by atoms with Crippen LogP contribution in [0.3, 0.4) is 0 Å². The van der Waals surface area contributed by atoms with E-state index in [-0.39, 0.29) is 15.9 Å². The molecule has 11 heteroatoms. The van der Waals surface area contributed by atoms with Gasteiger partial charge in [-0.3, -0.25) is 14.9 Å². The van der Waals surface area contributed by atoms with E-state index >= 15 is 0 Å². The Morgan fingerprint density at radius 2 is 1.75 bits per heavy atom. The second-order valence-corrected chi connectivity index (χ2v) is 8.81. The molecule has 2 heterocycles. The Hall–Kier alpha value is -3.56. The van der Waals surface area contributed by atoms with E-state index in [1.54, 1.807) is 54.6 Å². The number of amides is 2. The molecular weight excluding hydrogens is 545 g/mol. The summed E-state index contributed by atoms with van der Waals surface area (Å²) in [5.41, 5.74) is 1.54. The van der Waals surface area contributed by atoms with Crippen molar-refractivity contribution in [3.63, 3.8) is 0 Å². The quantitative estimate of drug-likeness (QED) is 0.169. The van der Waals surface area contributed by atoms with E-state index in [1.807, 2.05) is 0 Å². The van der Waals surface area contributed by atoms with Crippen molar-refractivity contribution in [2.45, 2.75) is 0 Å². The summed E-state index contributed by atoms with van der Waals surface area (Å²) in [6.45, 7) is 0. The summed E-state index contributed by atoms with van der Waals surface area (Å²) in [4.78, 5) is 24.4. The number of benzene rings is 2. The van der Waals surface area contributed by atoms with E-state index in [4.69, 9.17) is 55.9 Å². The Bertz CT molecular complexity index is 1470. The van der Waals surface area contributed by atoms with Crippen molar-refractivity contribution >= 4 is 81.4 Å². The maximum Gasteiger partial charge on any atom is 0.291 e. The van der Waals surface area contributed by atoms with E-state index < -0.39 is 11.8 Å². The molecule has 0 radical (unpaired) electrons. The molecule has 0 atom stereocenters. The molecule has 0 aliphatic rings. The van der Waals surface area contributed by atoms with Crippen molar-refractivity contribution in [1.82, 2.24) is 5.32 Å². The van der Waals surface area contributed by atoms with Crippen LogP contribution in [0.4, 0.5) is 11.4 Å². The monoisotopic (exact) mass is 559 g/mol. The van der Waals surface area contributed by atoms with Crippen LogP contribution in [0.1, 0.15) is 16.3 Å². The van der Waals surface area contributed by atoms with Gasteiger partial charge in [-0.1, -0.05) is 40.9 Å². The van der Waals surface area contributed by atoms with Crippen molar-refractivity contribution in [2.24, 2.45) is 0 Å². The third-order valence-electron chi connectivity index (χ3n) is 4.70. The van der Waals surface area contributed by atoms with Crippen molar-refractivity contribution in [1.29, 1.82) is 0 Å². The molecule has 0 fully saturated rings. The first-order valence-electron chi connectivity index (χ1n) is 10.3. The normalized spacial score (nSPS) is 10.9. The predicted octanol–water partition coefficient (Wildman–Crippen LogP) is 7.28. The van der Waals surface area contributed by atoms with Gasteiger partial charge in [0.05, 0.1) is 27.0 Å². The number of anilines is 2. The average molecular weight is 561 g/mol. The minimum Gasteiger partial charge on any atom is -0.459 e. The maximum absolute atomic E-state index is 12.3. The summed E-state index contributed by atoms with van der Waals surface area (Å²) in [5, 5.41) is 9.15. The average Bonchev–Trinajstić information content (AvgIpc) is 3.54. The minimum absolute atomic E-state index is 0.0546. The summed E-state index contributed by atoms with van der Waals surface area (Å²) >= 11 is 23.7. The van der Waals surface area contributed by atoms with E-state index in [9.17, 15) is 9.59 Å². The lowest BCUT2D eigenvalue weighted by Gasteiger charge is -2.11. The van der Waals surface area contributed by atoms with Gasteiger partial charge in [-0.2, -0.15) is 0 Å². The van der Waals surface area contributed by atoms with Gasteiger partial charge in [0.15, 0.2) is 10.9 Å². The lowest BCUT2D eigenvalue weighted by Crippen LogP contribution is -2.32. The zero-order valence-electron chi connectivity index (χ0n) is 18.2. The molecule has 0 spiro atoms. The predicted molar refractivity (Wildman–Crippen MR) is 146 cm³/mol. The molecule has 0 bridgehead atoms. The SMILES string of the molecule is O=C(/C=C/c1ccc(-c2cccc(Cl)c2Cl)o1)NC(=S)Nc1ccc(NC(=O)c2ccco2)c(Cl)c1. The van der Waals surface area contributed by atoms with Crippen LogP contribution in [0.15, 0.2) is 81.8 Å². The fraction of sp³-hybridized carbons (Fsp3) is 0. The molecule has 0 unspecified atom stereocenters. The first-order chi connectivity index (χ1) is 17.3. The summed E-state index contributed by atoms with van der Waals surface area (Å²) in [6, 6.07) is 16.6. The highest BCUT2D eigenvalue weighted by Gasteiger charge is 2.12. The molecule has 0 aliphatic carbocycles. The smallest absolute Gasteiger partial charge is 0.291 e. The molecule has 3 N–H and O–H groups in total. The number of thiocarbonyl (C=S) groups is 1. The highest BCUT2D eigenvalue weighted by Crippen LogP contribution is 2.34. The summed E-state index contributed by atoms with van der Waals surface area (Å²) in [6.07, 6.45) is 4.17. The molecule has 0 saturated carbocycles. The zero-order chi connectivity index (χ0) is 25.7. The first-order valence-corrected chi connectivity index (χ1v) is 11.8. The Balaban J connectivity index is 1.32. The molecular formula is C25H16Cl3N3O4S. The standard InChI is InChI=1S/C25H16Cl3N3O4S/c26-17-4-1-3-16(23(17)28)20-10-7-15(35-20)8-11-22(32)31-25(36)29-14-6-9-19(18(27)13-14)30-24(33)21-5-2-12-34-21/h1-13H,(H,30,33)(H2,29,31,32,36)/b11-8+.